The summed E-state index contributed by atoms with van der Waals surface area (Å²) >= 11 is 0. The van der Waals surface area contributed by atoms with E-state index in [1.165, 1.54) is 11.1 Å². The Morgan fingerprint density at radius 2 is 1.04 bits per heavy atom. The van der Waals surface area contributed by atoms with Crippen molar-refractivity contribution in [2.75, 3.05) is 13.1 Å². The highest BCUT2D eigenvalue weighted by molar-refractivity contribution is 5.97. The fraction of sp³-hybridized carbons (Fsp3) is 0.182. The van der Waals surface area contributed by atoms with Crippen LogP contribution in [0.25, 0.3) is 12.2 Å². The zero-order valence-electron chi connectivity index (χ0n) is 14.4. The number of rotatable bonds is 7. The Balaban J connectivity index is 1.78. The van der Waals surface area contributed by atoms with E-state index < -0.39 is 0 Å². The molecule has 0 radical (unpaired) electrons. The van der Waals surface area contributed by atoms with Gasteiger partial charge in [-0.3, -0.25) is 9.98 Å². The average molecular weight is 316 g/mol. The summed E-state index contributed by atoms with van der Waals surface area (Å²) in [6, 6.07) is 20.5. The molecular weight excluding hydrogens is 292 g/mol. The van der Waals surface area contributed by atoms with Crippen LogP contribution < -0.4 is 0 Å². The van der Waals surface area contributed by atoms with E-state index in [2.05, 4.69) is 46.4 Å². The second-order valence-corrected chi connectivity index (χ2v) is 5.53. The van der Waals surface area contributed by atoms with Crippen LogP contribution in [-0.4, -0.2) is 24.5 Å². The minimum absolute atomic E-state index is 0.710. The topological polar surface area (TPSA) is 24.7 Å². The van der Waals surface area contributed by atoms with Gasteiger partial charge in [0, 0.05) is 11.4 Å². The van der Waals surface area contributed by atoms with E-state index in [1.54, 1.807) is 0 Å². The second-order valence-electron chi connectivity index (χ2n) is 5.53. The summed E-state index contributed by atoms with van der Waals surface area (Å²) in [5.41, 5.74) is 4.41. The summed E-state index contributed by atoms with van der Waals surface area (Å²) in [5.74, 6) is 0. The Kier molecular flexibility index (Phi) is 7.42. The molecule has 0 bridgehead atoms. The fourth-order valence-electron chi connectivity index (χ4n) is 2.12. The van der Waals surface area contributed by atoms with Crippen LogP contribution in [0.15, 0.2) is 82.8 Å². The Bertz CT molecular complexity index is 658. The molecule has 2 heteroatoms. The molecule has 0 saturated carbocycles. The van der Waals surface area contributed by atoms with Gasteiger partial charge in [-0.1, -0.05) is 72.8 Å². The summed E-state index contributed by atoms with van der Waals surface area (Å²) in [7, 11) is 0. The number of aliphatic imine (C=N–C) groups is 2. The van der Waals surface area contributed by atoms with Gasteiger partial charge in [-0.05, 0) is 37.1 Å². The number of nitrogens with zero attached hydrogens (tertiary/aromatic N) is 2. The smallest absolute Gasteiger partial charge is 0.0588 e. The predicted octanol–water partition coefficient (Wildman–Crippen LogP) is 5.34. The van der Waals surface area contributed by atoms with Crippen molar-refractivity contribution >= 4 is 23.6 Å². The molecule has 122 valence electrons. The molecule has 0 saturated heterocycles. The van der Waals surface area contributed by atoms with Crippen LogP contribution in [0.5, 0.6) is 0 Å². The molecule has 2 aromatic carbocycles. The largest absolute Gasteiger partial charge is 0.288 e. The monoisotopic (exact) mass is 316 g/mol. The summed E-state index contributed by atoms with van der Waals surface area (Å²) in [6.07, 6.45) is 8.24. The zero-order valence-corrected chi connectivity index (χ0v) is 14.4. The molecule has 0 aliphatic heterocycles. The Morgan fingerprint density at radius 1 is 0.667 bits per heavy atom. The first-order valence-electron chi connectivity index (χ1n) is 8.22. The molecule has 0 heterocycles. The van der Waals surface area contributed by atoms with Gasteiger partial charge in [0.05, 0.1) is 13.1 Å². The Morgan fingerprint density at radius 3 is 1.42 bits per heavy atom. The van der Waals surface area contributed by atoms with Crippen molar-refractivity contribution in [3.63, 3.8) is 0 Å². The third-order valence-corrected chi connectivity index (χ3v) is 3.46. The quantitative estimate of drug-likeness (QED) is 0.487. The van der Waals surface area contributed by atoms with Gasteiger partial charge in [-0.2, -0.15) is 0 Å². The maximum absolute atomic E-state index is 4.53. The van der Waals surface area contributed by atoms with E-state index in [0.29, 0.717) is 13.1 Å². The number of benzene rings is 2. The lowest BCUT2D eigenvalue weighted by molar-refractivity contribution is 0.975. The molecule has 0 amide bonds. The summed E-state index contributed by atoms with van der Waals surface area (Å²) in [4.78, 5) is 9.06. The highest BCUT2D eigenvalue weighted by Crippen LogP contribution is 2.02. The summed E-state index contributed by atoms with van der Waals surface area (Å²) < 4.78 is 0. The SMILES string of the molecule is CC(/C=C/c1ccccc1)=NCCN=C(C)/C=C/c1ccccc1. The summed E-state index contributed by atoms with van der Waals surface area (Å²) in [6.45, 7) is 5.46. The number of hydrogen-bond acceptors (Lipinski definition) is 2. The number of hydrogen-bond donors (Lipinski definition) is 0. The molecule has 0 N–H and O–H groups in total. The van der Waals surface area contributed by atoms with Crippen molar-refractivity contribution in [3.8, 4) is 0 Å². The van der Waals surface area contributed by atoms with Crippen molar-refractivity contribution in [1.82, 2.24) is 0 Å². The van der Waals surface area contributed by atoms with Crippen molar-refractivity contribution in [3.05, 3.63) is 83.9 Å². The normalized spacial score (nSPS) is 13.1. The molecule has 2 nitrogen and oxygen atoms in total. The van der Waals surface area contributed by atoms with Gasteiger partial charge in [-0.15, -0.1) is 0 Å². The van der Waals surface area contributed by atoms with Crippen LogP contribution in [-0.2, 0) is 0 Å². The zero-order chi connectivity index (χ0) is 17.0. The molecular formula is C22H24N2. The molecule has 24 heavy (non-hydrogen) atoms. The Labute approximate surface area is 145 Å². The van der Waals surface area contributed by atoms with Crippen molar-refractivity contribution in [2.24, 2.45) is 9.98 Å². The van der Waals surface area contributed by atoms with Gasteiger partial charge >= 0.3 is 0 Å². The second kappa shape index (κ2) is 10.1. The van der Waals surface area contributed by atoms with Gasteiger partial charge in [-0.25, -0.2) is 0 Å². The standard InChI is InChI=1S/C22H24N2/c1-19(13-15-21-9-5-3-6-10-21)23-17-18-24-20(2)14-16-22-11-7-4-8-12-22/h3-16H,17-18H2,1-2H3/b15-13+,16-14+,23-19?,24-20?. The molecule has 0 spiro atoms. The van der Waals surface area contributed by atoms with E-state index in [9.17, 15) is 0 Å². The maximum atomic E-state index is 4.53. The molecule has 2 rings (SSSR count). The van der Waals surface area contributed by atoms with Crippen molar-refractivity contribution < 1.29 is 0 Å². The minimum atomic E-state index is 0.710. The lowest BCUT2D eigenvalue weighted by Crippen LogP contribution is -1.95. The number of allylic oxidation sites excluding steroid dienone is 2. The van der Waals surface area contributed by atoms with Crippen LogP contribution in [0.4, 0.5) is 0 Å². The van der Waals surface area contributed by atoms with E-state index in [0.717, 1.165) is 11.4 Å². The van der Waals surface area contributed by atoms with Crippen LogP contribution in [0.3, 0.4) is 0 Å². The Hall–Kier alpha value is -2.74. The molecule has 0 atom stereocenters. The lowest BCUT2D eigenvalue weighted by Gasteiger charge is -1.96. The molecule has 0 fully saturated rings. The first kappa shape index (κ1) is 17.6. The van der Waals surface area contributed by atoms with Crippen LogP contribution in [0, 0.1) is 0 Å². The molecule has 0 unspecified atom stereocenters. The lowest BCUT2D eigenvalue weighted by atomic mass is 10.2. The fourth-order valence-corrected chi connectivity index (χ4v) is 2.12. The maximum Gasteiger partial charge on any atom is 0.0588 e. The van der Waals surface area contributed by atoms with E-state index in [1.807, 2.05) is 62.4 Å². The first-order valence-corrected chi connectivity index (χ1v) is 8.22. The van der Waals surface area contributed by atoms with Gasteiger partial charge in [0.1, 0.15) is 0 Å². The third-order valence-electron chi connectivity index (χ3n) is 3.46. The average Bonchev–Trinajstić information content (AvgIpc) is 2.63. The van der Waals surface area contributed by atoms with Crippen LogP contribution in [0.2, 0.25) is 0 Å². The van der Waals surface area contributed by atoms with Gasteiger partial charge in [0.15, 0.2) is 0 Å². The van der Waals surface area contributed by atoms with Gasteiger partial charge in [0.2, 0.25) is 0 Å². The van der Waals surface area contributed by atoms with Crippen LogP contribution in [0.1, 0.15) is 25.0 Å². The molecule has 0 aliphatic rings. The minimum Gasteiger partial charge on any atom is -0.288 e. The summed E-state index contributed by atoms with van der Waals surface area (Å²) in [5, 5.41) is 0. The first-order chi connectivity index (χ1) is 11.7. The third kappa shape index (κ3) is 7.01. The molecule has 2 aromatic rings. The van der Waals surface area contributed by atoms with Crippen LogP contribution >= 0.6 is 0 Å². The van der Waals surface area contributed by atoms with E-state index in [-0.39, 0.29) is 0 Å². The van der Waals surface area contributed by atoms with E-state index >= 15 is 0 Å². The van der Waals surface area contributed by atoms with Crippen molar-refractivity contribution in [2.45, 2.75) is 13.8 Å². The van der Waals surface area contributed by atoms with Gasteiger partial charge in [0.25, 0.3) is 0 Å². The molecule has 0 aromatic heterocycles. The predicted molar refractivity (Wildman–Crippen MR) is 107 cm³/mol. The highest BCUT2D eigenvalue weighted by Gasteiger charge is 1.88. The van der Waals surface area contributed by atoms with Gasteiger partial charge < -0.3 is 0 Å². The highest BCUT2D eigenvalue weighted by atomic mass is 14.8. The molecule has 0 aliphatic carbocycles. The van der Waals surface area contributed by atoms with Crippen molar-refractivity contribution in [1.29, 1.82) is 0 Å². The van der Waals surface area contributed by atoms with E-state index in [4.69, 9.17) is 0 Å².